The first-order valence-electron chi connectivity index (χ1n) is 16.5. The number of phosphoric acid groups is 1. The van der Waals surface area contributed by atoms with Crippen molar-refractivity contribution in [2.24, 2.45) is 0 Å². The molecule has 1 amide bonds. The molecule has 3 atom stereocenters. The molecule has 0 saturated heterocycles. The van der Waals surface area contributed by atoms with Crippen LogP contribution in [0.25, 0.3) is 0 Å². The van der Waals surface area contributed by atoms with Gasteiger partial charge in [-0.25, -0.2) is 4.57 Å². The Morgan fingerprint density at radius 3 is 1.86 bits per heavy atom. The molecule has 250 valence electrons. The van der Waals surface area contributed by atoms with Crippen molar-refractivity contribution in [1.82, 2.24) is 5.32 Å². The first-order chi connectivity index (χ1) is 20.5. The highest BCUT2D eigenvalue weighted by Crippen LogP contribution is 2.43. The minimum absolute atomic E-state index is 0.0499. The third kappa shape index (κ3) is 29.0. The van der Waals surface area contributed by atoms with Crippen molar-refractivity contribution in [3.63, 3.8) is 0 Å². The molecule has 8 nitrogen and oxygen atoms in total. The summed E-state index contributed by atoms with van der Waals surface area (Å²) in [5.74, 6) is -0.210. The van der Waals surface area contributed by atoms with Gasteiger partial charge < -0.3 is 19.8 Å². The molecule has 0 fully saturated rings. The Bertz CT molecular complexity index is 850. The van der Waals surface area contributed by atoms with Crippen LogP contribution in [0, 0.1) is 0 Å². The van der Waals surface area contributed by atoms with Crippen LogP contribution < -0.4 is 5.32 Å². The van der Waals surface area contributed by atoms with E-state index in [1.807, 2.05) is 27.2 Å². The van der Waals surface area contributed by atoms with E-state index in [2.05, 4.69) is 55.6 Å². The van der Waals surface area contributed by atoms with Crippen molar-refractivity contribution in [3.05, 3.63) is 48.6 Å². The van der Waals surface area contributed by atoms with Crippen molar-refractivity contribution in [2.45, 2.75) is 122 Å². The predicted octanol–water partition coefficient (Wildman–Crippen LogP) is 7.79. The number of carbonyl (C=O) groups is 1. The second-order valence-electron chi connectivity index (χ2n) is 12.2. The molecule has 3 N–H and O–H groups in total. The maximum absolute atomic E-state index is 12.7. The number of nitrogens with one attached hydrogen (secondary N) is 1. The van der Waals surface area contributed by atoms with Crippen LogP contribution in [0.1, 0.15) is 110 Å². The maximum atomic E-state index is 12.7. The zero-order chi connectivity index (χ0) is 32.2. The van der Waals surface area contributed by atoms with E-state index in [4.69, 9.17) is 9.05 Å². The van der Waals surface area contributed by atoms with Crippen molar-refractivity contribution in [3.8, 4) is 0 Å². The zero-order valence-electron chi connectivity index (χ0n) is 27.9. The monoisotopic (exact) mass is 627 g/mol. The Morgan fingerprint density at radius 1 is 0.767 bits per heavy atom. The van der Waals surface area contributed by atoms with Crippen molar-refractivity contribution in [1.29, 1.82) is 0 Å². The van der Waals surface area contributed by atoms with Gasteiger partial charge in [-0.15, -0.1) is 0 Å². The summed E-state index contributed by atoms with van der Waals surface area (Å²) in [7, 11) is 1.53. The molecular formula is C34H64N2O6P+. The first-order valence-corrected chi connectivity index (χ1v) is 18.0. The molecule has 0 aliphatic heterocycles. The van der Waals surface area contributed by atoms with Crippen LogP contribution in [0.15, 0.2) is 48.6 Å². The lowest BCUT2D eigenvalue weighted by Crippen LogP contribution is -2.45. The topological polar surface area (TPSA) is 105 Å². The van der Waals surface area contributed by atoms with E-state index in [0.717, 1.165) is 77.0 Å². The van der Waals surface area contributed by atoms with Gasteiger partial charge in [0.05, 0.1) is 39.9 Å². The van der Waals surface area contributed by atoms with Crippen molar-refractivity contribution >= 4 is 13.7 Å². The highest BCUT2D eigenvalue weighted by molar-refractivity contribution is 7.47. The maximum Gasteiger partial charge on any atom is 0.472 e. The molecule has 0 spiro atoms. The number of phosphoric ester groups is 1. The molecule has 0 rings (SSSR count). The second-order valence-corrected chi connectivity index (χ2v) is 13.6. The summed E-state index contributed by atoms with van der Waals surface area (Å²) in [6, 6.07) is -0.869. The van der Waals surface area contributed by atoms with E-state index in [1.54, 1.807) is 6.08 Å². The summed E-state index contributed by atoms with van der Waals surface area (Å²) in [4.78, 5) is 22.8. The van der Waals surface area contributed by atoms with Gasteiger partial charge in [-0.1, -0.05) is 94.6 Å². The fourth-order valence-corrected chi connectivity index (χ4v) is 4.76. The summed E-state index contributed by atoms with van der Waals surface area (Å²) in [6.45, 7) is 4.58. The minimum Gasteiger partial charge on any atom is -0.387 e. The normalized spacial score (nSPS) is 15.6. The van der Waals surface area contributed by atoms with Gasteiger partial charge >= 0.3 is 7.82 Å². The van der Waals surface area contributed by atoms with Crippen LogP contribution in [0.3, 0.4) is 0 Å². The number of quaternary nitrogens is 1. The second kappa shape index (κ2) is 26.8. The molecule has 3 unspecified atom stereocenters. The summed E-state index contributed by atoms with van der Waals surface area (Å²) >= 11 is 0. The smallest absolute Gasteiger partial charge is 0.387 e. The summed E-state index contributed by atoms with van der Waals surface area (Å²) < 4.78 is 23.3. The highest BCUT2D eigenvalue weighted by atomic mass is 31.2. The lowest BCUT2D eigenvalue weighted by Gasteiger charge is -2.25. The Hall–Kier alpha value is -1.54. The largest absolute Gasteiger partial charge is 0.472 e. The standard InChI is InChI=1S/C34H63N2O6P/c1-6-8-10-12-14-16-18-19-21-23-25-27-33(37)32(31-42-43(39,40)41-30-29-36(3,4)5)35-34(38)28-26-24-22-20-17-15-13-11-9-7-2/h10-13,18-19,25,27,32-33,37H,6-9,14-17,20-24,26,28-31H2,1-5H3,(H-,35,38,39,40)/p+1/b12-10+,13-11-,19-18+,27-25+. The number of amides is 1. The lowest BCUT2D eigenvalue weighted by atomic mass is 10.1. The number of nitrogens with zero attached hydrogens (tertiary/aromatic N) is 1. The number of unbranched alkanes of at least 4 members (excludes halogenated alkanes) is 9. The number of rotatable bonds is 28. The SMILES string of the molecule is CCC/C=C\CCCCCCCC(=O)NC(COP(=O)(O)OCC[N+](C)(C)C)C(O)/C=C/CC/C=C/CC/C=C/CCC. The van der Waals surface area contributed by atoms with Crippen LogP contribution in [-0.4, -0.2) is 73.4 Å². The molecule has 0 aliphatic carbocycles. The van der Waals surface area contributed by atoms with Gasteiger partial charge in [0, 0.05) is 6.42 Å². The average Bonchev–Trinajstić information content (AvgIpc) is 2.94. The third-order valence-corrected chi connectivity index (χ3v) is 7.70. The molecule has 0 aromatic carbocycles. The number of likely N-dealkylation sites (N-methyl/N-ethyl adjacent to an activating group) is 1. The lowest BCUT2D eigenvalue weighted by molar-refractivity contribution is -0.870. The van der Waals surface area contributed by atoms with Gasteiger partial charge in [-0.3, -0.25) is 13.8 Å². The Labute approximate surface area is 263 Å². The van der Waals surface area contributed by atoms with Crippen molar-refractivity contribution in [2.75, 3.05) is 40.9 Å². The minimum atomic E-state index is -4.33. The predicted molar refractivity (Wildman–Crippen MR) is 180 cm³/mol. The molecule has 0 heterocycles. The molecule has 0 aromatic heterocycles. The van der Waals surface area contributed by atoms with Gasteiger partial charge in [0.1, 0.15) is 13.2 Å². The van der Waals surface area contributed by atoms with E-state index >= 15 is 0 Å². The van der Waals surface area contributed by atoms with Crippen LogP contribution in [0.5, 0.6) is 0 Å². The van der Waals surface area contributed by atoms with E-state index in [0.29, 0.717) is 17.4 Å². The Kier molecular flexibility index (Phi) is 25.9. The average molecular weight is 628 g/mol. The molecule has 0 aliphatic rings. The molecule has 43 heavy (non-hydrogen) atoms. The van der Waals surface area contributed by atoms with Crippen LogP contribution in [-0.2, 0) is 18.4 Å². The van der Waals surface area contributed by atoms with Gasteiger partial charge in [0.2, 0.25) is 5.91 Å². The zero-order valence-corrected chi connectivity index (χ0v) is 28.8. The Morgan fingerprint density at radius 2 is 1.28 bits per heavy atom. The van der Waals surface area contributed by atoms with Gasteiger partial charge in [-0.2, -0.15) is 0 Å². The summed E-state index contributed by atoms with van der Waals surface area (Å²) in [5, 5.41) is 13.6. The quantitative estimate of drug-likeness (QED) is 0.0354. The van der Waals surface area contributed by atoms with E-state index in [-0.39, 0.29) is 19.1 Å². The number of hydrogen-bond donors (Lipinski definition) is 3. The summed E-state index contributed by atoms with van der Waals surface area (Å²) in [6.07, 6.45) is 30.4. The molecule has 0 bridgehead atoms. The molecule has 9 heteroatoms. The molecule has 0 saturated carbocycles. The summed E-state index contributed by atoms with van der Waals surface area (Å²) in [5.41, 5.74) is 0. The van der Waals surface area contributed by atoms with Crippen LogP contribution in [0.2, 0.25) is 0 Å². The number of hydrogen-bond acceptors (Lipinski definition) is 5. The number of aliphatic hydroxyl groups excluding tert-OH is 1. The molecule has 0 radical (unpaired) electrons. The van der Waals surface area contributed by atoms with Crippen molar-refractivity contribution < 1.29 is 32.9 Å². The fourth-order valence-electron chi connectivity index (χ4n) is 4.02. The fraction of sp³-hybridized carbons (Fsp3) is 0.735. The number of allylic oxidation sites excluding steroid dienone is 7. The van der Waals surface area contributed by atoms with Gasteiger partial charge in [0.25, 0.3) is 0 Å². The van der Waals surface area contributed by atoms with Crippen LogP contribution in [0.4, 0.5) is 0 Å². The highest BCUT2D eigenvalue weighted by Gasteiger charge is 2.27. The van der Waals surface area contributed by atoms with E-state index in [9.17, 15) is 19.4 Å². The number of carbonyl (C=O) groups excluding carboxylic acids is 1. The van der Waals surface area contributed by atoms with Gasteiger partial charge in [-0.05, 0) is 57.8 Å². The Balaban J connectivity index is 4.75. The van der Waals surface area contributed by atoms with Crippen LogP contribution >= 0.6 is 7.82 Å². The van der Waals surface area contributed by atoms with E-state index < -0.39 is 20.0 Å². The molecule has 0 aromatic rings. The third-order valence-electron chi connectivity index (χ3n) is 6.71. The first kappa shape index (κ1) is 41.5. The van der Waals surface area contributed by atoms with E-state index in [1.165, 1.54) is 12.8 Å². The van der Waals surface area contributed by atoms with Gasteiger partial charge in [0.15, 0.2) is 0 Å². The number of aliphatic hydroxyl groups is 1. The molecular weight excluding hydrogens is 563 g/mol.